The Balaban J connectivity index is 1.66. The zero-order chi connectivity index (χ0) is 21.2. The first-order chi connectivity index (χ1) is 13.8. The van der Waals surface area contributed by atoms with E-state index in [9.17, 15) is 18.8 Å². The summed E-state index contributed by atoms with van der Waals surface area (Å²) in [4.78, 5) is 35.7. The van der Waals surface area contributed by atoms with Gasteiger partial charge in [0.15, 0.2) is 18.2 Å². The zero-order valence-electron chi connectivity index (χ0n) is 16.0. The number of ether oxygens (including phenoxy) is 1. The van der Waals surface area contributed by atoms with Crippen molar-refractivity contribution in [2.45, 2.75) is 19.1 Å². The van der Waals surface area contributed by atoms with E-state index in [4.69, 9.17) is 4.74 Å². The Morgan fingerprint density at radius 2 is 1.72 bits per heavy atom. The molecule has 2 rings (SSSR count). The number of hydrazine groups is 1. The Kier molecular flexibility index (Phi) is 8.47. The molecule has 0 aliphatic carbocycles. The number of halogens is 1. The van der Waals surface area contributed by atoms with E-state index in [0.717, 1.165) is 17.3 Å². The van der Waals surface area contributed by atoms with E-state index >= 15 is 0 Å². The van der Waals surface area contributed by atoms with Crippen LogP contribution < -0.4 is 20.9 Å². The minimum Gasteiger partial charge on any atom is -0.481 e. The molecule has 2 aromatic carbocycles. The number of amides is 3. The fourth-order valence-corrected chi connectivity index (χ4v) is 2.77. The van der Waals surface area contributed by atoms with E-state index in [0.29, 0.717) is 5.69 Å². The van der Waals surface area contributed by atoms with Gasteiger partial charge in [-0.15, -0.1) is 11.8 Å². The number of benzene rings is 2. The Morgan fingerprint density at radius 3 is 2.41 bits per heavy atom. The minimum absolute atomic E-state index is 0.0579. The first-order valence-electron chi connectivity index (χ1n) is 8.79. The van der Waals surface area contributed by atoms with Gasteiger partial charge in [-0.05, 0) is 38.1 Å². The second-order valence-corrected chi connectivity index (χ2v) is 7.45. The maximum Gasteiger partial charge on any atom is 0.276 e. The largest absolute Gasteiger partial charge is 0.481 e. The SMILES string of the molecule is Cc1ccc(NC(=O)CS[C@H](C)C(=O)NNC(=O)COc2ccccc2F)cc1. The molecule has 0 heterocycles. The van der Waals surface area contributed by atoms with Gasteiger partial charge < -0.3 is 10.1 Å². The van der Waals surface area contributed by atoms with Gasteiger partial charge in [0.05, 0.1) is 11.0 Å². The summed E-state index contributed by atoms with van der Waals surface area (Å²) in [5.41, 5.74) is 6.20. The third kappa shape index (κ3) is 7.82. The number of nitrogens with one attached hydrogen (secondary N) is 3. The van der Waals surface area contributed by atoms with Crippen molar-refractivity contribution >= 4 is 35.2 Å². The van der Waals surface area contributed by atoms with Gasteiger partial charge in [0.2, 0.25) is 5.91 Å². The van der Waals surface area contributed by atoms with Crippen LogP contribution in [0.4, 0.5) is 10.1 Å². The number of carbonyl (C=O) groups is 3. The maximum absolute atomic E-state index is 13.4. The molecule has 0 aliphatic rings. The minimum atomic E-state index is -0.643. The first kappa shape index (κ1) is 22.2. The predicted octanol–water partition coefficient (Wildman–Crippen LogP) is 2.42. The molecular weight excluding hydrogens is 397 g/mol. The summed E-state index contributed by atoms with van der Waals surface area (Å²) in [6, 6.07) is 13.0. The smallest absolute Gasteiger partial charge is 0.276 e. The van der Waals surface area contributed by atoms with Crippen LogP contribution in [-0.2, 0) is 14.4 Å². The highest BCUT2D eigenvalue weighted by Crippen LogP contribution is 2.15. The molecule has 3 N–H and O–H groups in total. The third-order valence-corrected chi connectivity index (χ3v) is 4.83. The lowest BCUT2D eigenvalue weighted by Gasteiger charge is -2.13. The van der Waals surface area contributed by atoms with Gasteiger partial charge in [0.1, 0.15) is 0 Å². The molecular formula is C20H22FN3O4S. The molecule has 0 saturated heterocycles. The molecule has 0 spiro atoms. The van der Waals surface area contributed by atoms with Crippen LogP contribution in [0.2, 0.25) is 0 Å². The lowest BCUT2D eigenvalue weighted by Crippen LogP contribution is -2.46. The van der Waals surface area contributed by atoms with Crippen molar-refractivity contribution < 1.29 is 23.5 Å². The van der Waals surface area contributed by atoms with Crippen LogP contribution >= 0.6 is 11.8 Å². The number of aryl methyl sites for hydroxylation is 1. The molecule has 0 aromatic heterocycles. The van der Waals surface area contributed by atoms with Crippen LogP contribution in [0.3, 0.4) is 0 Å². The van der Waals surface area contributed by atoms with Gasteiger partial charge in [-0.25, -0.2) is 4.39 Å². The monoisotopic (exact) mass is 419 g/mol. The van der Waals surface area contributed by atoms with Gasteiger partial charge in [0, 0.05) is 5.69 Å². The Labute approximate surface area is 172 Å². The number of para-hydroxylation sites is 1. The number of rotatable bonds is 8. The highest BCUT2D eigenvalue weighted by Gasteiger charge is 2.16. The summed E-state index contributed by atoms with van der Waals surface area (Å²) in [5, 5.41) is 2.16. The Bertz CT molecular complexity index is 861. The summed E-state index contributed by atoms with van der Waals surface area (Å²) >= 11 is 1.12. The average molecular weight is 419 g/mol. The number of carbonyl (C=O) groups excluding carboxylic acids is 3. The van der Waals surface area contributed by atoms with Crippen molar-refractivity contribution in [3.63, 3.8) is 0 Å². The van der Waals surface area contributed by atoms with Crippen LogP contribution in [0.25, 0.3) is 0 Å². The van der Waals surface area contributed by atoms with Crippen LogP contribution in [0.1, 0.15) is 12.5 Å². The number of anilines is 1. The molecule has 1 atom stereocenters. The highest BCUT2D eigenvalue weighted by atomic mass is 32.2. The van der Waals surface area contributed by atoms with Crippen molar-refractivity contribution in [2.75, 3.05) is 17.7 Å². The zero-order valence-corrected chi connectivity index (χ0v) is 16.8. The van der Waals surface area contributed by atoms with Crippen molar-refractivity contribution in [3.8, 4) is 5.75 Å². The van der Waals surface area contributed by atoms with E-state index in [2.05, 4.69) is 16.2 Å². The second kappa shape index (κ2) is 11.1. The lowest BCUT2D eigenvalue weighted by atomic mass is 10.2. The van der Waals surface area contributed by atoms with Crippen molar-refractivity contribution in [3.05, 3.63) is 59.9 Å². The quantitative estimate of drug-likeness (QED) is 0.571. The fourth-order valence-electron chi connectivity index (χ4n) is 2.08. The predicted molar refractivity (Wildman–Crippen MR) is 110 cm³/mol. The average Bonchev–Trinajstić information content (AvgIpc) is 2.71. The summed E-state index contributed by atoms with van der Waals surface area (Å²) < 4.78 is 18.4. The van der Waals surface area contributed by atoms with E-state index in [1.807, 2.05) is 19.1 Å². The Morgan fingerprint density at radius 1 is 1.03 bits per heavy atom. The molecule has 0 aliphatic heterocycles. The van der Waals surface area contributed by atoms with E-state index in [1.165, 1.54) is 18.2 Å². The molecule has 3 amide bonds. The summed E-state index contributed by atoms with van der Waals surface area (Å²) in [7, 11) is 0. The highest BCUT2D eigenvalue weighted by molar-refractivity contribution is 8.01. The second-order valence-electron chi connectivity index (χ2n) is 6.12. The molecule has 154 valence electrons. The topological polar surface area (TPSA) is 96.5 Å². The molecule has 9 heteroatoms. The van der Waals surface area contributed by atoms with E-state index in [1.54, 1.807) is 25.1 Å². The summed E-state index contributed by atoms with van der Waals surface area (Å²) in [6.45, 7) is 3.11. The number of hydrogen-bond donors (Lipinski definition) is 3. The fraction of sp³-hybridized carbons (Fsp3) is 0.250. The van der Waals surface area contributed by atoms with Crippen LogP contribution in [0.5, 0.6) is 5.75 Å². The first-order valence-corrected chi connectivity index (χ1v) is 9.84. The number of thioether (sulfide) groups is 1. The third-order valence-electron chi connectivity index (χ3n) is 3.69. The summed E-state index contributed by atoms with van der Waals surface area (Å²) in [6.07, 6.45) is 0. The van der Waals surface area contributed by atoms with Crippen LogP contribution in [-0.4, -0.2) is 35.3 Å². The van der Waals surface area contributed by atoms with Crippen molar-refractivity contribution in [2.24, 2.45) is 0 Å². The maximum atomic E-state index is 13.4. The molecule has 7 nitrogen and oxygen atoms in total. The molecule has 2 aromatic rings. The van der Waals surface area contributed by atoms with Gasteiger partial charge in [0.25, 0.3) is 11.8 Å². The van der Waals surface area contributed by atoms with E-state index in [-0.39, 0.29) is 17.4 Å². The molecule has 29 heavy (non-hydrogen) atoms. The summed E-state index contributed by atoms with van der Waals surface area (Å²) in [5.74, 6) is -1.92. The Hall–Kier alpha value is -3.07. The van der Waals surface area contributed by atoms with Gasteiger partial charge in [-0.3, -0.25) is 25.2 Å². The van der Waals surface area contributed by atoms with Gasteiger partial charge >= 0.3 is 0 Å². The lowest BCUT2D eigenvalue weighted by molar-refractivity contribution is -0.129. The molecule has 0 fully saturated rings. The number of hydrogen-bond acceptors (Lipinski definition) is 5. The van der Waals surface area contributed by atoms with Crippen molar-refractivity contribution in [1.29, 1.82) is 0 Å². The molecule has 0 radical (unpaired) electrons. The van der Waals surface area contributed by atoms with Crippen LogP contribution in [0, 0.1) is 12.7 Å². The standard InChI is InChI=1S/C20H22FN3O4S/c1-13-7-9-15(10-8-13)22-19(26)12-29-14(2)20(27)24-23-18(25)11-28-17-6-4-3-5-16(17)21/h3-10,14H,11-12H2,1-2H3,(H,22,26)(H,23,25)(H,24,27)/t14-/m1/s1. The van der Waals surface area contributed by atoms with Gasteiger partial charge in [-0.2, -0.15) is 0 Å². The molecule has 0 unspecified atom stereocenters. The normalized spacial score (nSPS) is 11.3. The molecule has 0 saturated carbocycles. The van der Waals surface area contributed by atoms with Crippen LogP contribution in [0.15, 0.2) is 48.5 Å². The van der Waals surface area contributed by atoms with E-state index < -0.39 is 29.5 Å². The van der Waals surface area contributed by atoms with Crippen molar-refractivity contribution in [1.82, 2.24) is 10.9 Å². The van der Waals surface area contributed by atoms with Gasteiger partial charge in [-0.1, -0.05) is 29.8 Å². The molecule has 0 bridgehead atoms.